The quantitative estimate of drug-likeness (QED) is 0.611. The van der Waals surface area contributed by atoms with Crippen LogP contribution in [-0.2, 0) is 4.79 Å². The van der Waals surface area contributed by atoms with Gasteiger partial charge in [0.25, 0.3) is 0 Å². The van der Waals surface area contributed by atoms with Crippen molar-refractivity contribution >= 4 is 17.7 Å². The first-order valence-corrected chi connectivity index (χ1v) is 5.76. The summed E-state index contributed by atoms with van der Waals surface area (Å²) < 4.78 is 0. The number of hydrogen-bond donors (Lipinski definition) is 1. The van der Waals surface area contributed by atoms with Crippen LogP contribution in [0.5, 0.6) is 0 Å². The van der Waals surface area contributed by atoms with Crippen LogP contribution in [-0.4, -0.2) is 11.1 Å². The molecule has 0 unspecified atom stereocenters. The molecule has 2 nitrogen and oxygen atoms in total. The molecular weight excluding hydrogens is 208 g/mol. The van der Waals surface area contributed by atoms with E-state index in [1.54, 1.807) is 5.41 Å². The lowest BCUT2D eigenvalue weighted by molar-refractivity contribution is -0.132. The molecule has 0 saturated carbocycles. The third kappa shape index (κ3) is 4.21. The molecule has 0 aromatic heterocycles. The summed E-state index contributed by atoms with van der Waals surface area (Å²) in [5.74, 6) is -0.819. The van der Waals surface area contributed by atoms with E-state index < -0.39 is 5.97 Å². The van der Waals surface area contributed by atoms with Crippen molar-refractivity contribution < 1.29 is 9.90 Å². The van der Waals surface area contributed by atoms with Gasteiger partial charge in [-0.3, -0.25) is 0 Å². The van der Waals surface area contributed by atoms with E-state index in [0.29, 0.717) is 12.0 Å². The standard InChI is InChI=1S/C12H14O2S/c1-2-6-10(12(13)14)9-15-11-7-4-3-5-8-11/h3-5,7-9H,2,6H2,1H3,(H,13,14). The molecule has 0 fully saturated rings. The molecule has 3 heteroatoms. The van der Waals surface area contributed by atoms with Crippen LogP contribution < -0.4 is 0 Å². The first-order valence-electron chi connectivity index (χ1n) is 4.88. The van der Waals surface area contributed by atoms with Crippen LogP contribution in [0, 0.1) is 0 Å². The van der Waals surface area contributed by atoms with E-state index in [2.05, 4.69) is 0 Å². The molecule has 0 spiro atoms. The number of carboxylic acids is 1. The third-order valence-corrected chi connectivity index (χ3v) is 2.82. The molecule has 1 aromatic carbocycles. The van der Waals surface area contributed by atoms with Crippen molar-refractivity contribution in [2.24, 2.45) is 0 Å². The van der Waals surface area contributed by atoms with E-state index >= 15 is 0 Å². The maximum Gasteiger partial charge on any atom is 0.332 e. The number of carbonyl (C=O) groups is 1. The smallest absolute Gasteiger partial charge is 0.332 e. The topological polar surface area (TPSA) is 37.3 Å². The predicted octanol–water partition coefficient (Wildman–Crippen LogP) is 3.55. The molecule has 1 aromatic rings. The summed E-state index contributed by atoms with van der Waals surface area (Å²) in [5, 5.41) is 10.6. The molecule has 80 valence electrons. The van der Waals surface area contributed by atoms with Gasteiger partial charge in [0.05, 0.1) is 0 Å². The number of benzene rings is 1. The van der Waals surface area contributed by atoms with Crippen molar-refractivity contribution in [2.75, 3.05) is 0 Å². The van der Waals surface area contributed by atoms with Crippen molar-refractivity contribution in [3.8, 4) is 0 Å². The van der Waals surface area contributed by atoms with Gasteiger partial charge < -0.3 is 5.11 Å². The highest BCUT2D eigenvalue weighted by atomic mass is 32.2. The van der Waals surface area contributed by atoms with Crippen molar-refractivity contribution in [2.45, 2.75) is 24.7 Å². The zero-order chi connectivity index (χ0) is 11.1. The second-order valence-electron chi connectivity index (χ2n) is 3.13. The van der Waals surface area contributed by atoms with E-state index in [1.807, 2.05) is 37.3 Å². The Balaban J connectivity index is 2.65. The second-order valence-corrected chi connectivity index (χ2v) is 4.07. The first-order chi connectivity index (χ1) is 7.24. The molecule has 1 N–H and O–H groups in total. The SMILES string of the molecule is CCCC(=CSc1ccccc1)C(=O)O. The molecule has 0 heterocycles. The molecule has 1 rings (SSSR count). The highest BCUT2D eigenvalue weighted by molar-refractivity contribution is 8.02. The van der Waals surface area contributed by atoms with Crippen molar-refractivity contribution in [1.29, 1.82) is 0 Å². The first kappa shape index (κ1) is 11.9. The Morgan fingerprint density at radius 1 is 1.40 bits per heavy atom. The molecule has 0 atom stereocenters. The lowest BCUT2D eigenvalue weighted by Gasteiger charge is -1.99. The van der Waals surface area contributed by atoms with Gasteiger partial charge in [-0.25, -0.2) is 4.79 Å². The second kappa shape index (κ2) is 6.30. The number of aliphatic carboxylic acids is 1. The van der Waals surface area contributed by atoms with Crippen LogP contribution in [0.2, 0.25) is 0 Å². The number of hydrogen-bond acceptors (Lipinski definition) is 2. The fraction of sp³-hybridized carbons (Fsp3) is 0.250. The van der Waals surface area contributed by atoms with Gasteiger partial charge in [0.1, 0.15) is 0 Å². The van der Waals surface area contributed by atoms with E-state index in [0.717, 1.165) is 11.3 Å². The summed E-state index contributed by atoms with van der Waals surface area (Å²) in [6, 6.07) is 9.75. The molecule has 15 heavy (non-hydrogen) atoms. The molecule has 0 amide bonds. The van der Waals surface area contributed by atoms with Gasteiger partial charge in [-0.15, -0.1) is 0 Å². The highest BCUT2D eigenvalue weighted by Gasteiger charge is 2.05. The van der Waals surface area contributed by atoms with Crippen molar-refractivity contribution in [3.05, 3.63) is 41.3 Å². The molecule has 0 aliphatic carbocycles. The van der Waals surface area contributed by atoms with Crippen LogP contribution in [0.1, 0.15) is 19.8 Å². The molecule has 0 radical (unpaired) electrons. The van der Waals surface area contributed by atoms with Gasteiger partial charge in [0.15, 0.2) is 0 Å². The molecular formula is C12H14O2S. The van der Waals surface area contributed by atoms with Crippen LogP contribution in [0.3, 0.4) is 0 Å². The maximum atomic E-state index is 10.8. The Morgan fingerprint density at radius 3 is 2.60 bits per heavy atom. The molecule has 0 saturated heterocycles. The molecule has 0 bridgehead atoms. The number of thioether (sulfide) groups is 1. The van der Waals surface area contributed by atoms with Crippen molar-refractivity contribution in [1.82, 2.24) is 0 Å². The zero-order valence-electron chi connectivity index (χ0n) is 8.64. The van der Waals surface area contributed by atoms with E-state index in [9.17, 15) is 4.79 Å². The lowest BCUT2D eigenvalue weighted by atomic mass is 10.2. The maximum absolute atomic E-state index is 10.8. The number of carboxylic acid groups (broad SMARTS) is 1. The van der Waals surface area contributed by atoms with Crippen LogP contribution >= 0.6 is 11.8 Å². The highest BCUT2D eigenvalue weighted by Crippen LogP contribution is 2.21. The fourth-order valence-corrected chi connectivity index (χ4v) is 1.94. The fourth-order valence-electron chi connectivity index (χ4n) is 1.12. The largest absolute Gasteiger partial charge is 0.478 e. The Morgan fingerprint density at radius 2 is 2.07 bits per heavy atom. The van der Waals surface area contributed by atoms with Crippen LogP contribution in [0.4, 0.5) is 0 Å². The average Bonchev–Trinajstić information content (AvgIpc) is 2.25. The van der Waals surface area contributed by atoms with Gasteiger partial charge in [-0.05, 0) is 24.0 Å². The minimum atomic E-state index is -0.819. The summed E-state index contributed by atoms with van der Waals surface area (Å²) in [6.07, 6.45) is 1.47. The van der Waals surface area contributed by atoms with Gasteiger partial charge in [-0.2, -0.15) is 0 Å². The minimum Gasteiger partial charge on any atom is -0.478 e. The average molecular weight is 222 g/mol. The van der Waals surface area contributed by atoms with Crippen molar-refractivity contribution in [3.63, 3.8) is 0 Å². The van der Waals surface area contributed by atoms with E-state index in [1.165, 1.54) is 11.8 Å². The number of rotatable bonds is 5. The summed E-state index contributed by atoms with van der Waals surface area (Å²) in [5.41, 5.74) is 0.478. The lowest BCUT2D eigenvalue weighted by Crippen LogP contribution is -1.99. The van der Waals surface area contributed by atoms with Crippen LogP contribution in [0.25, 0.3) is 0 Å². The van der Waals surface area contributed by atoms with Crippen LogP contribution in [0.15, 0.2) is 46.2 Å². The van der Waals surface area contributed by atoms with Gasteiger partial charge in [0.2, 0.25) is 0 Å². The summed E-state index contributed by atoms with van der Waals surface area (Å²) in [7, 11) is 0. The summed E-state index contributed by atoms with van der Waals surface area (Å²) >= 11 is 1.45. The molecule has 0 aliphatic heterocycles. The van der Waals surface area contributed by atoms with Gasteiger partial charge >= 0.3 is 5.97 Å². The van der Waals surface area contributed by atoms with E-state index in [-0.39, 0.29) is 0 Å². The Kier molecular flexibility index (Phi) is 4.98. The van der Waals surface area contributed by atoms with E-state index in [4.69, 9.17) is 5.11 Å². The Bertz CT molecular complexity index is 344. The zero-order valence-corrected chi connectivity index (χ0v) is 9.46. The third-order valence-electron chi connectivity index (χ3n) is 1.87. The summed E-state index contributed by atoms with van der Waals surface area (Å²) in [4.78, 5) is 11.9. The Labute approximate surface area is 94.0 Å². The van der Waals surface area contributed by atoms with Gasteiger partial charge in [0, 0.05) is 10.5 Å². The Hall–Kier alpha value is -1.22. The minimum absolute atomic E-state index is 0.478. The predicted molar refractivity (Wildman–Crippen MR) is 62.9 cm³/mol. The molecule has 0 aliphatic rings. The summed E-state index contributed by atoms with van der Waals surface area (Å²) in [6.45, 7) is 1.98. The normalized spacial score (nSPS) is 11.4. The van der Waals surface area contributed by atoms with Gasteiger partial charge in [-0.1, -0.05) is 43.3 Å². The monoisotopic (exact) mass is 222 g/mol.